The van der Waals surface area contributed by atoms with Gasteiger partial charge in [-0.15, -0.1) is 11.3 Å². The van der Waals surface area contributed by atoms with Crippen molar-refractivity contribution in [1.82, 2.24) is 0 Å². The molecule has 136 valence electrons. The lowest BCUT2D eigenvalue weighted by Gasteiger charge is -2.14. The zero-order valence-electron chi connectivity index (χ0n) is 16.6. The van der Waals surface area contributed by atoms with Gasteiger partial charge in [0.25, 0.3) is 0 Å². The molecule has 1 nitrogen and oxygen atoms in total. The van der Waals surface area contributed by atoms with Gasteiger partial charge in [0.15, 0.2) is 0 Å². The molecule has 26 heavy (non-hydrogen) atoms. The highest BCUT2D eigenvalue weighted by Crippen LogP contribution is 2.33. The molecule has 0 saturated carbocycles. The fraction of sp³-hybridized carbons (Fsp3) is 0.333. The molecular weight excluding hydrogens is 336 g/mol. The normalized spacial score (nSPS) is 12.2. The maximum absolute atomic E-state index is 5.73. The van der Waals surface area contributed by atoms with E-state index in [-0.39, 0.29) is 10.8 Å². The van der Waals surface area contributed by atoms with Crippen molar-refractivity contribution in [3.63, 3.8) is 0 Å². The number of hydrogen-bond donors (Lipinski definition) is 0. The number of hydrogen-bond acceptors (Lipinski definition) is 2. The van der Waals surface area contributed by atoms with Crippen LogP contribution in [0.1, 0.15) is 52.2 Å². The molecule has 0 bridgehead atoms. The summed E-state index contributed by atoms with van der Waals surface area (Å²) in [6, 6.07) is 21.1. The Labute approximate surface area is 160 Å². The first-order chi connectivity index (χ1) is 12.1. The topological polar surface area (TPSA) is 13.1 Å². The van der Waals surface area contributed by atoms with Crippen molar-refractivity contribution >= 4 is 32.4 Å². The van der Waals surface area contributed by atoms with E-state index in [1.54, 1.807) is 0 Å². The van der Waals surface area contributed by atoms with Crippen LogP contribution in [0.25, 0.3) is 21.1 Å². The molecule has 2 aromatic heterocycles. The van der Waals surface area contributed by atoms with Crippen LogP contribution in [-0.2, 0) is 10.8 Å². The Bertz CT molecular complexity index is 856. The monoisotopic (exact) mass is 364 g/mol. The first-order valence-electron chi connectivity index (χ1n) is 9.13. The van der Waals surface area contributed by atoms with Crippen molar-refractivity contribution in [3.05, 3.63) is 71.3 Å². The van der Waals surface area contributed by atoms with E-state index < -0.39 is 0 Å². The van der Waals surface area contributed by atoms with Gasteiger partial charge in [-0.2, -0.15) is 0 Å². The van der Waals surface area contributed by atoms with Crippen molar-refractivity contribution < 1.29 is 4.42 Å². The molecule has 0 radical (unpaired) electrons. The van der Waals surface area contributed by atoms with Crippen LogP contribution in [-0.4, -0.2) is 0 Å². The zero-order chi connectivity index (χ0) is 18.9. The lowest BCUT2D eigenvalue weighted by molar-refractivity contribution is 0.430. The van der Waals surface area contributed by atoms with Gasteiger partial charge in [0.05, 0.1) is 0 Å². The van der Waals surface area contributed by atoms with E-state index in [4.69, 9.17) is 4.42 Å². The average Bonchev–Trinajstić information content (AvgIpc) is 3.19. The second kappa shape index (κ2) is 6.92. The highest BCUT2D eigenvalue weighted by molar-refractivity contribution is 7.19. The summed E-state index contributed by atoms with van der Waals surface area (Å²) < 4.78 is 7.13. The van der Waals surface area contributed by atoms with Crippen LogP contribution in [0, 0.1) is 0 Å². The van der Waals surface area contributed by atoms with Gasteiger partial charge >= 0.3 is 0 Å². The molecule has 4 rings (SSSR count). The standard InChI is InChI=1S/C12H14O.C12H14S/c2*1-12(2,3)11-8-9-6-4-5-7-10(9)13-11/h2*4-8H,1-3H3. The van der Waals surface area contributed by atoms with Gasteiger partial charge in [0.1, 0.15) is 11.3 Å². The molecule has 2 heterocycles. The molecular formula is C24H28OS. The number of thiophene rings is 1. The lowest BCUT2D eigenvalue weighted by atomic mass is 9.93. The fourth-order valence-corrected chi connectivity index (χ4v) is 3.82. The third-order valence-electron chi connectivity index (χ3n) is 4.33. The molecule has 0 aliphatic carbocycles. The number of benzene rings is 2. The number of furan rings is 1. The van der Waals surface area contributed by atoms with Gasteiger partial charge in [0.2, 0.25) is 0 Å². The van der Waals surface area contributed by atoms with Crippen molar-refractivity contribution in [1.29, 1.82) is 0 Å². The summed E-state index contributed by atoms with van der Waals surface area (Å²) in [6.45, 7) is 13.3. The summed E-state index contributed by atoms with van der Waals surface area (Å²) in [7, 11) is 0. The summed E-state index contributed by atoms with van der Waals surface area (Å²) in [4.78, 5) is 1.47. The molecule has 0 aliphatic rings. The Balaban J connectivity index is 0.000000151. The van der Waals surface area contributed by atoms with Gasteiger partial charge in [-0.25, -0.2) is 0 Å². The Morgan fingerprint density at radius 1 is 0.692 bits per heavy atom. The third-order valence-corrected chi connectivity index (χ3v) is 5.87. The minimum Gasteiger partial charge on any atom is -0.461 e. The number of rotatable bonds is 0. The highest BCUT2D eigenvalue weighted by Gasteiger charge is 2.18. The number of para-hydroxylation sites is 1. The first kappa shape index (κ1) is 18.7. The lowest BCUT2D eigenvalue weighted by Crippen LogP contribution is -2.08. The highest BCUT2D eigenvalue weighted by atomic mass is 32.1. The van der Waals surface area contributed by atoms with E-state index in [2.05, 4.69) is 84.0 Å². The average molecular weight is 365 g/mol. The fourth-order valence-electron chi connectivity index (χ4n) is 2.70. The zero-order valence-corrected chi connectivity index (χ0v) is 17.4. The molecule has 0 amide bonds. The minimum absolute atomic E-state index is 0.0962. The van der Waals surface area contributed by atoms with Gasteiger partial charge in [-0.3, -0.25) is 0 Å². The molecule has 0 N–H and O–H groups in total. The van der Waals surface area contributed by atoms with Crippen LogP contribution >= 0.6 is 11.3 Å². The van der Waals surface area contributed by atoms with Crippen LogP contribution in [0.3, 0.4) is 0 Å². The Morgan fingerprint density at radius 2 is 1.31 bits per heavy atom. The maximum Gasteiger partial charge on any atom is 0.134 e. The molecule has 0 aliphatic heterocycles. The van der Waals surface area contributed by atoms with Crippen LogP contribution < -0.4 is 0 Å². The Morgan fingerprint density at radius 3 is 1.88 bits per heavy atom. The molecule has 0 unspecified atom stereocenters. The molecule has 0 atom stereocenters. The van der Waals surface area contributed by atoms with Crippen LogP contribution in [0.4, 0.5) is 0 Å². The molecule has 4 aromatic rings. The Kier molecular flexibility index (Phi) is 4.98. The third kappa shape index (κ3) is 4.19. The summed E-state index contributed by atoms with van der Waals surface area (Å²) in [5, 5.41) is 2.56. The van der Waals surface area contributed by atoms with Gasteiger partial charge in [0, 0.05) is 20.4 Å². The van der Waals surface area contributed by atoms with Gasteiger partial charge in [-0.05, 0) is 35.1 Å². The van der Waals surface area contributed by atoms with Crippen molar-refractivity contribution in [2.45, 2.75) is 52.4 Å². The second-order valence-corrected chi connectivity index (χ2v) is 9.88. The van der Waals surface area contributed by atoms with E-state index >= 15 is 0 Å². The van der Waals surface area contributed by atoms with Crippen molar-refractivity contribution in [2.24, 2.45) is 0 Å². The van der Waals surface area contributed by atoms with E-state index in [0.717, 1.165) is 11.3 Å². The van der Waals surface area contributed by atoms with E-state index in [0.29, 0.717) is 0 Å². The maximum atomic E-state index is 5.73. The molecule has 0 fully saturated rings. The van der Waals surface area contributed by atoms with Crippen LogP contribution in [0.5, 0.6) is 0 Å². The predicted octanol–water partition coefficient (Wildman–Crippen LogP) is 7.93. The van der Waals surface area contributed by atoms with E-state index in [9.17, 15) is 0 Å². The second-order valence-electron chi connectivity index (χ2n) is 8.80. The number of fused-ring (bicyclic) bond motifs is 2. The predicted molar refractivity (Wildman–Crippen MR) is 115 cm³/mol. The molecule has 0 saturated heterocycles. The van der Waals surface area contributed by atoms with Crippen LogP contribution in [0.2, 0.25) is 0 Å². The largest absolute Gasteiger partial charge is 0.461 e. The molecule has 2 aromatic carbocycles. The summed E-state index contributed by atoms with van der Waals surface area (Å²) >= 11 is 1.90. The summed E-state index contributed by atoms with van der Waals surface area (Å²) in [5.74, 6) is 1.05. The SMILES string of the molecule is CC(C)(C)c1cc2ccccc2o1.CC(C)(C)c1cc2ccccc2s1. The summed E-state index contributed by atoms with van der Waals surface area (Å²) in [6.07, 6.45) is 0. The molecule has 0 spiro atoms. The quantitative estimate of drug-likeness (QED) is 0.309. The summed E-state index contributed by atoms with van der Waals surface area (Å²) in [5.41, 5.74) is 1.36. The van der Waals surface area contributed by atoms with E-state index in [1.807, 2.05) is 29.5 Å². The smallest absolute Gasteiger partial charge is 0.134 e. The molecule has 2 heteroatoms. The van der Waals surface area contributed by atoms with Gasteiger partial charge < -0.3 is 4.42 Å². The Hall–Kier alpha value is -2.06. The van der Waals surface area contributed by atoms with E-state index in [1.165, 1.54) is 20.3 Å². The van der Waals surface area contributed by atoms with Crippen LogP contribution in [0.15, 0.2) is 65.1 Å². The van der Waals surface area contributed by atoms with Gasteiger partial charge in [-0.1, -0.05) is 77.9 Å². The van der Waals surface area contributed by atoms with Crippen molar-refractivity contribution in [3.8, 4) is 0 Å². The van der Waals surface area contributed by atoms with Crippen molar-refractivity contribution in [2.75, 3.05) is 0 Å². The first-order valence-corrected chi connectivity index (χ1v) is 9.94. The minimum atomic E-state index is 0.0962.